The van der Waals surface area contributed by atoms with E-state index < -0.39 is 5.97 Å². The maximum absolute atomic E-state index is 10.9. The van der Waals surface area contributed by atoms with Gasteiger partial charge in [-0.15, -0.1) is 12.4 Å². The summed E-state index contributed by atoms with van der Waals surface area (Å²) in [6.45, 7) is 4.00. The highest BCUT2D eigenvalue weighted by Gasteiger charge is 2.07. The van der Waals surface area contributed by atoms with Crippen LogP contribution in [0.4, 0.5) is 11.4 Å². The van der Waals surface area contributed by atoms with Crippen molar-refractivity contribution >= 4 is 40.7 Å². The third-order valence-electron chi connectivity index (χ3n) is 3.58. The van der Waals surface area contributed by atoms with Crippen molar-refractivity contribution in [1.82, 2.24) is 4.98 Å². The lowest BCUT2D eigenvalue weighted by molar-refractivity contribution is 0.0697. The van der Waals surface area contributed by atoms with Gasteiger partial charge in [-0.3, -0.25) is 4.98 Å². The number of pyridine rings is 1. The number of fused-ring (bicyclic) bond motifs is 1. The summed E-state index contributed by atoms with van der Waals surface area (Å²) < 4.78 is 0. The number of hydrogen-bond acceptors (Lipinski definition) is 3. The van der Waals surface area contributed by atoms with Gasteiger partial charge in [-0.05, 0) is 49.7 Å². The minimum absolute atomic E-state index is 0. The number of aromatic carboxylic acids is 1. The molecule has 1 heterocycles. The van der Waals surface area contributed by atoms with E-state index in [4.69, 9.17) is 5.11 Å². The highest BCUT2D eigenvalue weighted by atomic mass is 35.5. The van der Waals surface area contributed by atoms with Gasteiger partial charge in [0, 0.05) is 22.5 Å². The minimum Gasteiger partial charge on any atom is -0.478 e. The molecule has 0 unspecified atom stereocenters. The maximum Gasteiger partial charge on any atom is 0.335 e. The maximum atomic E-state index is 10.9. The molecule has 0 saturated heterocycles. The second kappa shape index (κ2) is 6.67. The second-order valence-corrected chi connectivity index (χ2v) is 5.29. The van der Waals surface area contributed by atoms with Gasteiger partial charge in [0.1, 0.15) is 0 Å². The highest BCUT2D eigenvalue weighted by Crippen LogP contribution is 2.28. The van der Waals surface area contributed by atoms with Crippen LogP contribution in [-0.2, 0) is 0 Å². The monoisotopic (exact) mass is 328 g/mol. The van der Waals surface area contributed by atoms with Crippen molar-refractivity contribution in [1.29, 1.82) is 0 Å². The number of hydrogen-bond donors (Lipinski definition) is 2. The molecule has 0 bridgehead atoms. The van der Waals surface area contributed by atoms with Gasteiger partial charge in [0.25, 0.3) is 0 Å². The molecule has 0 aliphatic heterocycles. The summed E-state index contributed by atoms with van der Waals surface area (Å²) >= 11 is 0. The second-order valence-electron chi connectivity index (χ2n) is 5.29. The van der Waals surface area contributed by atoms with Crippen LogP contribution in [0.1, 0.15) is 21.6 Å². The van der Waals surface area contributed by atoms with Crippen LogP contribution in [0.5, 0.6) is 0 Å². The molecule has 0 spiro atoms. The van der Waals surface area contributed by atoms with E-state index in [9.17, 15) is 4.79 Å². The largest absolute Gasteiger partial charge is 0.478 e. The van der Waals surface area contributed by atoms with Gasteiger partial charge in [0.05, 0.1) is 11.1 Å². The van der Waals surface area contributed by atoms with Crippen LogP contribution in [0.25, 0.3) is 10.9 Å². The molecule has 0 aliphatic carbocycles. The van der Waals surface area contributed by atoms with Crippen LogP contribution < -0.4 is 5.32 Å². The van der Waals surface area contributed by atoms with E-state index in [1.165, 1.54) is 0 Å². The number of carboxylic acids is 1. The van der Waals surface area contributed by atoms with Gasteiger partial charge < -0.3 is 10.4 Å². The molecule has 2 N–H and O–H groups in total. The van der Waals surface area contributed by atoms with Crippen molar-refractivity contribution in [2.75, 3.05) is 5.32 Å². The smallest absolute Gasteiger partial charge is 0.335 e. The SMILES string of the molecule is Cc1cc(Nc2ccc(C(=O)O)cc2)c2cccc(C)c2n1.Cl. The zero-order valence-electron chi connectivity index (χ0n) is 12.8. The fourth-order valence-corrected chi connectivity index (χ4v) is 2.48. The number of carboxylic acid groups (broad SMARTS) is 1. The predicted octanol–water partition coefficient (Wildman–Crippen LogP) is 4.72. The highest BCUT2D eigenvalue weighted by molar-refractivity contribution is 5.95. The lowest BCUT2D eigenvalue weighted by atomic mass is 10.1. The molecule has 0 aliphatic rings. The van der Waals surface area contributed by atoms with E-state index in [2.05, 4.69) is 10.3 Å². The van der Waals surface area contributed by atoms with Crippen molar-refractivity contribution in [2.24, 2.45) is 0 Å². The van der Waals surface area contributed by atoms with Crippen molar-refractivity contribution in [2.45, 2.75) is 13.8 Å². The van der Waals surface area contributed by atoms with Crippen molar-refractivity contribution < 1.29 is 9.90 Å². The van der Waals surface area contributed by atoms with E-state index in [1.807, 2.05) is 38.1 Å². The average molecular weight is 329 g/mol. The molecule has 0 atom stereocenters. The Kier molecular flexibility index (Phi) is 4.86. The molecule has 0 radical (unpaired) electrons. The van der Waals surface area contributed by atoms with Gasteiger partial charge in [-0.2, -0.15) is 0 Å². The van der Waals surface area contributed by atoms with Crippen molar-refractivity contribution in [3.63, 3.8) is 0 Å². The summed E-state index contributed by atoms with van der Waals surface area (Å²) in [5.41, 5.74) is 5.13. The Morgan fingerprint density at radius 2 is 1.78 bits per heavy atom. The summed E-state index contributed by atoms with van der Waals surface area (Å²) in [6, 6.07) is 14.8. The number of para-hydroxylation sites is 1. The Morgan fingerprint density at radius 3 is 2.43 bits per heavy atom. The first-order valence-electron chi connectivity index (χ1n) is 7.02. The molecule has 23 heavy (non-hydrogen) atoms. The fourth-order valence-electron chi connectivity index (χ4n) is 2.48. The van der Waals surface area contributed by atoms with Crippen molar-refractivity contribution in [3.8, 4) is 0 Å². The van der Waals surface area contributed by atoms with E-state index in [0.29, 0.717) is 0 Å². The molecule has 118 valence electrons. The standard InChI is InChI=1S/C18H16N2O2.ClH/c1-11-4-3-5-15-16(10-12(2)19-17(11)15)20-14-8-6-13(7-9-14)18(21)22;/h3-10H,1-2H3,(H,19,20)(H,21,22);1H. The topological polar surface area (TPSA) is 62.2 Å². The summed E-state index contributed by atoms with van der Waals surface area (Å²) in [4.78, 5) is 15.5. The molecule has 5 heteroatoms. The number of nitrogens with zero attached hydrogens (tertiary/aromatic N) is 1. The molecular formula is C18H17ClN2O2. The van der Waals surface area contributed by atoms with Crippen LogP contribution in [-0.4, -0.2) is 16.1 Å². The summed E-state index contributed by atoms with van der Waals surface area (Å²) in [6.07, 6.45) is 0. The Hall–Kier alpha value is -2.59. The molecular weight excluding hydrogens is 312 g/mol. The first-order valence-corrected chi connectivity index (χ1v) is 7.02. The number of aromatic nitrogens is 1. The van der Waals surface area contributed by atoms with E-state index in [1.54, 1.807) is 24.3 Å². The van der Waals surface area contributed by atoms with Crippen LogP contribution in [0, 0.1) is 13.8 Å². The minimum atomic E-state index is -0.924. The fraction of sp³-hybridized carbons (Fsp3) is 0.111. The first kappa shape index (κ1) is 16.8. The van der Waals surface area contributed by atoms with Crippen LogP contribution in [0.3, 0.4) is 0 Å². The molecule has 0 fully saturated rings. The van der Waals surface area contributed by atoms with E-state index in [-0.39, 0.29) is 18.0 Å². The number of carbonyl (C=O) groups is 1. The van der Waals surface area contributed by atoms with Crippen LogP contribution in [0.2, 0.25) is 0 Å². The third-order valence-corrected chi connectivity index (χ3v) is 3.58. The van der Waals surface area contributed by atoms with Gasteiger partial charge in [0.15, 0.2) is 0 Å². The van der Waals surface area contributed by atoms with Crippen LogP contribution >= 0.6 is 12.4 Å². The number of benzene rings is 2. The number of nitrogens with one attached hydrogen (secondary N) is 1. The zero-order chi connectivity index (χ0) is 15.7. The van der Waals surface area contributed by atoms with Crippen LogP contribution in [0.15, 0.2) is 48.5 Å². The zero-order valence-corrected chi connectivity index (χ0v) is 13.6. The number of anilines is 2. The quantitative estimate of drug-likeness (QED) is 0.730. The van der Waals surface area contributed by atoms with Gasteiger partial charge >= 0.3 is 5.97 Å². The summed E-state index contributed by atoms with van der Waals surface area (Å²) in [5.74, 6) is -0.924. The predicted molar refractivity (Wildman–Crippen MR) is 95.1 cm³/mol. The molecule has 1 aromatic heterocycles. The van der Waals surface area contributed by atoms with Gasteiger partial charge in [-0.1, -0.05) is 18.2 Å². The van der Waals surface area contributed by atoms with Gasteiger partial charge in [-0.25, -0.2) is 4.79 Å². The molecule has 0 amide bonds. The number of halogens is 1. The molecule has 2 aromatic carbocycles. The number of aryl methyl sites for hydroxylation is 2. The number of rotatable bonds is 3. The average Bonchev–Trinajstić information content (AvgIpc) is 2.49. The lowest BCUT2D eigenvalue weighted by Gasteiger charge is -2.12. The van der Waals surface area contributed by atoms with E-state index in [0.717, 1.165) is 33.5 Å². The molecule has 0 saturated carbocycles. The lowest BCUT2D eigenvalue weighted by Crippen LogP contribution is -1.98. The summed E-state index contributed by atoms with van der Waals surface area (Å²) in [5, 5.41) is 13.3. The van der Waals surface area contributed by atoms with E-state index >= 15 is 0 Å². The Bertz CT molecular complexity index is 861. The molecule has 3 rings (SSSR count). The Balaban J connectivity index is 0.00000192. The van der Waals surface area contributed by atoms with Gasteiger partial charge in [0.2, 0.25) is 0 Å². The summed E-state index contributed by atoms with van der Waals surface area (Å²) in [7, 11) is 0. The Morgan fingerprint density at radius 1 is 1.09 bits per heavy atom. The third kappa shape index (κ3) is 3.43. The normalized spacial score (nSPS) is 10.2. The Labute approximate surface area is 140 Å². The first-order chi connectivity index (χ1) is 10.5. The molecule has 4 nitrogen and oxygen atoms in total. The van der Waals surface area contributed by atoms with Crippen molar-refractivity contribution in [3.05, 3.63) is 65.4 Å². The molecule has 3 aromatic rings.